The van der Waals surface area contributed by atoms with Crippen molar-refractivity contribution in [2.45, 2.75) is 0 Å². The van der Waals surface area contributed by atoms with Crippen LogP contribution in [0.4, 0.5) is 0 Å². The Morgan fingerprint density at radius 3 is 2.46 bits per heavy atom. The average Bonchev–Trinajstić information content (AvgIpc) is 3.13. The number of Topliss-reactive ketones (excluding diaryl/α,β-unsaturated/α-hetero) is 1. The molecule has 0 atom stereocenters. The lowest BCUT2D eigenvalue weighted by Gasteiger charge is -2.07. The molecule has 4 aromatic rings. The molecule has 4 rings (SSSR count). The molecule has 3 aromatic carbocycles. The number of carbonyl (C=O) groups is 1. The van der Waals surface area contributed by atoms with E-state index in [1.165, 1.54) is 11.3 Å². The van der Waals surface area contributed by atoms with Crippen LogP contribution in [0.1, 0.15) is 20.9 Å². The van der Waals surface area contributed by atoms with Gasteiger partial charge in [-0.15, -0.1) is 11.3 Å². The zero-order valence-electron chi connectivity index (χ0n) is 14.4. The molecule has 0 aliphatic heterocycles. The van der Waals surface area contributed by atoms with Crippen molar-refractivity contribution in [3.63, 3.8) is 0 Å². The number of benzene rings is 3. The van der Waals surface area contributed by atoms with E-state index < -0.39 is 0 Å². The number of hydrogen-bond donors (Lipinski definition) is 1. The lowest BCUT2D eigenvalue weighted by atomic mass is 10.0. The number of nitrogens with zero attached hydrogens (tertiary/aromatic N) is 1. The third-order valence-corrected chi connectivity index (χ3v) is 6.29. The van der Waals surface area contributed by atoms with Gasteiger partial charge in [-0.3, -0.25) is 4.79 Å². The number of para-hydroxylation sites is 1. The molecule has 28 heavy (non-hydrogen) atoms. The summed E-state index contributed by atoms with van der Waals surface area (Å²) >= 11 is 8.24. The minimum atomic E-state index is -0.143. The second kappa shape index (κ2) is 7.99. The first-order valence-electron chi connectivity index (χ1n) is 8.38. The summed E-state index contributed by atoms with van der Waals surface area (Å²) in [6.45, 7) is 0. The van der Waals surface area contributed by atoms with Gasteiger partial charge in [-0.05, 0) is 46.3 Å². The largest absolute Gasteiger partial charge is 0.506 e. The highest BCUT2D eigenvalue weighted by Gasteiger charge is 2.19. The van der Waals surface area contributed by atoms with E-state index in [9.17, 15) is 9.90 Å². The first-order valence-corrected chi connectivity index (χ1v) is 10.8. The second-order valence-electron chi connectivity index (χ2n) is 6.07. The van der Waals surface area contributed by atoms with Crippen LogP contribution in [0.3, 0.4) is 0 Å². The summed E-state index contributed by atoms with van der Waals surface area (Å²) in [5, 5.41) is 11.1. The summed E-state index contributed by atoms with van der Waals surface area (Å²) in [6.07, 6.45) is 1.69. The standard InChI is InChI=1S/C22H13Br2NO2S/c23-15-10-14(21(27)17(24)12-15)11-16(20(26)13-6-2-1-3-7-13)22-25-18-8-4-5-9-19(18)28-22/h1-12,27H. The van der Waals surface area contributed by atoms with Crippen LogP contribution in [0, 0.1) is 0 Å². The molecular formula is C22H13Br2NO2S. The summed E-state index contributed by atoms with van der Waals surface area (Å²) in [5.41, 5.74) is 2.38. The molecule has 138 valence electrons. The normalized spacial score (nSPS) is 11.7. The van der Waals surface area contributed by atoms with Gasteiger partial charge in [-0.1, -0.05) is 58.4 Å². The molecule has 0 radical (unpaired) electrons. The third-order valence-electron chi connectivity index (χ3n) is 4.16. The van der Waals surface area contributed by atoms with Crippen LogP contribution in [0.2, 0.25) is 0 Å². The van der Waals surface area contributed by atoms with Gasteiger partial charge < -0.3 is 5.11 Å². The number of carbonyl (C=O) groups excluding carboxylic acids is 1. The van der Waals surface area contributed by atoms with Crippen molar-refractivity contribution in [3.05, 3.63) is 91.8 Å². The Kier molecular flexibility index (Phi) is 5.44. The van der Waals surface area contributed by atoms with E-state index in [0.717, 1.165) is 14.7 Å². The highest BCUT2D eigenvalue weighted by molar-refractivity contribution is 9.11. The minimum absolute atomic E-state index is 0.0719. The Morgan fingerprint density at radius 1 is 1.00 bits per heavy atom. The highest BCUT2D eigenvalue weighted by atomic mass is 79.9. The zero-order chi connectivity index (χ0) is 19.7. The molecule has 0 aliphatic carbocycles. The predicted octanol–water partition coefficient (Wildman–Crippen LogP) is 6.95. The van der Waals surface area contributed by atoms with Crippen molar-refractivity contribution in [2.75, 3.05) is 0 Å². The number of phenols is 1. The van der Waals surface area contributed by atoms with Gasteiger partial charge in [-0.25, -0.2) is 4.98 Å². The average molecular weight is 515 g/mol. The van der Waals surface area contributed by atoms with Crippen molar-refractivity contribution in [2.24, 2.45) is 0 Å². The topological polar surface area (TPSA) is 50.2 Å². The Morgan fingerprint density at radius 2 is 1.71 bits per heavy atom. The second-order valence-corrected chi connectivity index (χ2v) is 8.87. The van der Waals surface area contributed by atoms with E-state index in [2.05, 4.69) is 36.8 Å². The quantitative estimate of drug-likeness (QED) is 0.237. The maximum absolute atomic E-state index is 13.3. The van der Waals surface area contributed by atoms with Crippen LogP contribution < -0.4 is 0 Å². The van der Waals surface area contributed by atoms with Gasteiger partial charge in [0, 0.05) is 15.6 Å². The van der Waals surface area contributed by atoms with E-state index >= 15 is 0 Å². The zero-order valence-corrected chi connectivity index (χ0v) is 18.4. The van der Waals surface area contributed by atoms with Crippen LogP contribution in [-0.4, -0.2) is 15.9 Å². The first-order chi connectivity index (χ1) is 13.5. The van der Waals surface area contributed by atoms with Crippen LogP contribution in [0.15, 0.2) is 75.7 Å². The van der Waals surface area contributed by atoms with Gasteiger partial charge in [0.1, 0.15) is 10.8 Å². The number of hydrogen-bond acceptors (Lipinski definition) is 4. The molecule has 0 saturated heterocycles. The van der Waals surface area contributed by atoms with Crippen molar-refractivity contribution < 1.29 is 9.90 Å². The molecule has 1 aromatic heterocycles. The lowest BCUT2D eigenvalue weighted by Crippen LogP contribution is -2.02. The number of ketones is 1. The molecule has 1 heterocycles. The van der Waals surface area contributed by atoms with Crippen LogP contribution in [0.25, 0.3) is 21.9 Å². The van der Waals surface area contributed by atoms with Crippen molar-refractivity contribution in [3.8, 4) is 5.75 Å². The number of aromatic nitrogens is 1. The van der Waals surface area contributed by atoms with E-state index in [0.29, 0.717) is 26.2 Å². The summed E-state index contributed by atoms with van der Waals surface area (Å²) in [4.78, 5) is 18.0. The molecule has 0 unspecified atom stereocenters. The number of rotatable bonds is 4. The molecule has 0 aliphatic rings. The van der Waals surface area contributed by atoms with Crippen molar-refractivity contribution in [1.82, 2.24) is 4.98 Å². The summed E-state index contributed by atoms with van der Waals surface area (Å²) in [5.74, 6) is -0.0715. The van der Waals surface area contributed by atoms with Crippen LogP contribution >= 0.6 is 43.2 Å². The summed E-state index contributed by atoms with van der Waals surface area (Å²) in [6, 6.07) is 20.4. The van der Waals surface area contributed by atoms with Gasteiger partial charge in [0.15, 0.2) is 5.78 Å². The smallest absolute Gasteiger partial charge is 0.196 e. The van der Waals surface area contributed by atoms with E-state index in [-0.39, 0.29) is 11.5 Å². The Labute approximate surface area is 182 Å². The van der Waals surface area contributed by atoms with Gasteiger partial charge in [0.2, 0.25) is 0 Å². The molecule has 3 nitrogen and oxygen atoms in total. The van der Waals surface area contributed by atoms with E-state index in [1.54, 1.807) is 30.3 Å². The molecule has 0 spiro atoms. The predicted molar refractivity (Wildman–Crippen MR) is 122 cm³/mol. The highest BCUT2D eigenvalue weighted by Crippen LogP contribution is 2.36. The molecule has 0 saturated carbocycles. The van der Waals surface area contributed by atoms with Gasteiger partial charge in [-0.2, -0.15) is 0 Å². The first kappa shape index (κ1) is 19.1. The summed E-state index contributed by atoms with van der Waals surface area (Å²) < 4.78 is 2.34. The molecule has 6 heteroatoms. The van der Waals surface area contributed by atoms with E-state index in [4.69, 9.17) is 0 Å². The minimum Gasteiger partial charge on any atom is -0.506 e. The van der Waals surface area contributed by atoms with Crippen LogP contribution in [0.5, 0.6) is 5.75 Å². The Balaban J connectivity index is 1.92. The third kappa shape index (κ3) is 3.81. The number of allylic oxidation sites excluding steroid dienone is 1. The number of aromatic hydroxyl groups is 1. The SMILES string of the molecule is O=C(C(=Cc1cc(Br)cc(Br)c1O)c1nc2ccccc2s1)c1ccccc1. The Bertz CT molecular complexity index is 1180. The van der Waals surface area contributed by atoms with Crippen molar-refractivity contribution >= 4 is 70.8 Å². The fourth-order valence-electron chi connectivity index (χ4n) is 2.81. The lowest BCUT2D eigenvalue weighted by molar-refractivity contribution is 0.105. The van der Waals surface area contributed by atoms with Gasteiger partial charge >= 0.3 is 0 Å². The molecule has 1 N–H and O–H groups in total. The molecule has 0 fully saturated rings. The fraction of sp³-hybridized carbons (Fsp3) is 0. The number of thiazole rings is 1. The Hall–Kier alpha value is -2.28. The molecular weight excluding hydrogens is 502 g/mol. The molecule has 0 bridgehead atoms. The summed E-state index contributed by atoms with van der Waals surface area (Å²) in [7, 11) is 0. The monoisotopic (exact) mass is 513 g/mol. The fourth-order valence-corrected chi connectivity index (χ4v) is 5.05. The number of phenolic OH excluding ortho intramolecular Hbond substituents is 1. The maximum atomic E-state index is 13.3. The van der Waals surface area contributed by atoms with Crippen LogP contribution in [-0.2, 0) is 0 Å². The van der Waals surface area contributed by atoms with E-state index in [1.807, 2.05) is 42.5 Å². The maximum Gasteiger partial charge on any atom is 0.196 e. The number of fused-ring (bicyclic) bond motifs is 1. The van der Waals surface area contributed by atoms with Gasteiger partial charge in [0.05, 0.1) is 20.3 Å². The molecule has 0 amide bonds. The van der Waals surface area contributed by atoms with Gasteiger partial charge in [0.25, 0.3) is 0 Å². The number of halogens is 2. The van der Waals surface area contributed by atoms with Crippen molar-refractivity contribution in [1.29, 1.82) is 0 Å².